The van der Waals surface area contributed by atoms with Crippen molar-refractivity contribution < 1.29 is 4.74 Å². The van der Waals surface area contributed by atoms with Crippen LogP contribution in [-0.4, -0.2) is 42.7 Å². The van der Waals surface area contributed by atoms with Gasteiger partial charge >= 0.3 is 0 Å². The molecule has 0 rings (SSSR count). The van der Waals surface area contributed by atoms with E-state index in [1.807, 2.05) is 0 Å². The zero-order valence-corrected chi connectivity index (χ0v) is 10.8. The second kappa shape index (κ2) is 10.3. The molecule has 0 spiro atoms. The van der Waals surface area contributed by atoms with E-state index in [9.17, 15) is 0 Å². The zero-order chi connectivity index (χ0) is 11.5. The first-order valence-corrected chi connectivity index (χ1v) is 6.19. The van der Waals surface area contributed by atoms with Crippen molar-refractivity contribution in [3.63, 3.8) is 0 Å². The highest BCUT2D eigenvalue weighted by Gasteiger charge is 2.04. The quantitative estimate of drug-likeness (QED) is 0.460. The molecule has 0 heterocycles. The van der Waals surface area contributed by atoms with Gasteiger partial charge in [-0.3, -0.25) is 4.90 Å². The van der Waals surface area contributed by atoms with Crippen molar-refractivity contribution in [2.45, 2.75) is 33.1 Å². The molecule has 3 nitrogen and oxygen atoms in total. The zero-order valence-electron chi connectivity index (χ0n) is 10.00. The van der Waals surface area contributed by atoms with E-state index in [4.69, 9.17) is 22.7 Å². The third kappa shape index (κ3) is 10.1. The Morgan fingerprint density at radius 2 is 1.93 bits per heavy atom. The first-order valence-electron chi connectivity index (χ1n) is 5.79. The molecule has 15 heavy (non-hydrogen) atoms. The number of nitrogens with zero attached hydrogens (tertiary/aromatic N) is 1. The predicted octanol–water partition coefficient (Wildman–Crippen LogP) is 1.80. The molecule has 0 saturated carbocycles. The first-order chi connectivity index (χ1) is 7.20. The van der Waals surface area contributed by atoms with Crippen molar-refractivity contribution in [3.8, 4) is 0 Å². The molecule has 0 saturated heterocycles. The van der Waals surface area contributed by atoms with E-state index in [0.717, 1.165) is 39.1 Å². The van der Waals surface area contributed by atoms with Crippen molar-refractivity contribution in [3.05, 3.63) is 0 Å². The topological polar surface area (TPSA) is 38.5 Å². The van der Waals surface area contributed by atoms with Gasteiger partial charge in [-0.15, -0.1) is 0 Å². The minimum absolute atomic E-state index is 0.567. The smallest absolute Gasteiger partial charge is 0.0870 e. The van der Waals surface area contributed by atoms with Gasteiger partial charge in [-0.1, -0.05) is 32.5 Å². The molecule has 0 fully saturated rings. The van der Waals surface area contributed by atoms with E-state index >= 15 is 0 Å². The molecule has 0 aliphatic carbocycles. The standard InChI is InChI=1S/C11H24N2OS/c1-3-5-8-14-9-7-13(6-4-2)10-11(12)15/h3-10H2,1-2H3,(H2,12,15). The molecule has 0 radical (unpaired) electrons. The van der Waals surface area contributed by atoms with Gasteiger partial charge in [0.2, 0.25) is 0 Å². The minimum Gasteiger partial charge on any atom is -0.392 e. The van der Waals surface area contributed by atoms with E-state index in [1.54, 1.807) is 0 Å². The molecule has 0 amide bonds. The molecule has 0 aliphatic rings. The molecule has 4 heteroatoms. The van der Waals surface area contributed by atoms with Crippen LogP contribution in [0.5, 0.6) is 0 Å². The molecule has 0 aliphatic heterocycles. The molecule has 2 N–H and O–H groups in total. The van der Waals surface area contributed by atoms with Gasteiger partial charge in [0.15, 0.2) is 0 Å². The van der Waals surface area contributed by atoms with Gasteiger partial charge in [-0.2, -0.15) is 0 Å². The summed E-state index contributed by atoms with van der Waals surface area (Å²) < 4.78 is 5.51. The number of nitrogens with two attached hydrogens (primary N) is 1. The number of thiocarbonyl (C=S) groups is 1. The molecule has 0 aromatic rings. The lowest BCUT2D eigenvalue weighted by Gasteiger charge is -2.20. The maximum atomic E-state index is 5.52. The minimum atomic E-state index is 0.567. The molecule has 0 aromatic heterocycles. The van der Waals surface area contributed by atoms with Crippen LogP contribution in [0.2, 0.25) is 0 Å². The fraction of sp³-hybridized carbons (Fsp3) is 0.909. The largest absolute Gasteiger partial charge is 0.392 e. The SMILES string of the molecule is CCCCOCCN(CCC)CC(N)=S. The van der Waals surface area contributed by atoms with Crippen LogP contribution in [0, 0.1) is 0 Å². The lowest BCUT2D eigenvalue weighted by atomic mass is 10.3. The maximum absolute atomic E-state index is 5.52. The Bertz CT molecular complexity index is 165. The summed E-state index contributed by atoms with van der Waals surface area (Å²) >= 11 is 4.90. The highest BCUT2D eigenvalue weighted by molar-refractivity contribution is 7.80. The van der Waals surface area contributed by atoms with Crippen molar-refractivity contribution in [1.29, 1.82) is 0 Å². The second-order valence-corrected chi connectivity index (χ2v) is 4.23. The second-order valence-electron chi connectivity index (χ2n) is 3.71. The average Bonchev–Trinajstić information content (AvgIpc) is 2.17. The number of hydrogen-bond donors (Lipinski definition) is 1. The van der Waals surface area contributed by atoms with E-state index in [-0.39, 0.29) is 0 Å². The third-order valence-corrected chi connectivity index (χ3v) is 2.24. The highest BCUT2D eigenvalue weighted by atomic mass is 32.1. The normalized spacial score (nSPS) is 10.9. The highest BCUT2D eigenvalue weighted by Crippen LogP contribution is 1.93. The summed E-state index contributed by atoms with van der Waals surface area (Å²) in [6.07, 6.45) is 3.45. The monoisotopic (exact) mass is 232 g/mol. The van der Waals surface area contributed by atoms with Crippen molar-refractivity contribution in [2.75, 3.05) is 32.8 Å². The van der Waals surface area contributed by atoms with Crippen LogP contribution in [0.15, 0.2) is 0 Å². The number of ether oxygens (including phenoxy) is 1. The predicted molar refractivity (Wildman–Crippen MR) is 69.2 cm³/mol. The van der Waals surface area contributed by atoms with Gasteiger partial charge in [0.05, 0.1) is 11.6 Å². The van der Waals surface area contributed by atoms with E-state index in [2.05, 4.69) is 18.7 Å². The molecular formula is C11H24N2OS. The number of rotatable bonds is 10. The summed E-state index contributed by atoms with van der Waals surface area (Å²) in [5.41, 5.74) is 5.52. The fourth-order valence-electron chi connectivity index (χ4n) is 1.35. The van der Waals surface area contributed by atoms with Crippen LogP contribution in [0.4, 0.5) is 0 Å². The molecule has 0 unspecified atom stereocenters. The first kappa shape index (κ1) is 14.8. The van der Waals surface area contributed by atoms with Crippen LogP contribution >= 0.6 is 12.2 Å². The molecule has 90 valence electrons. The van der Waals surface area contributed by atoms with Crippen LogP contribution in [-0.2, 0) is 4.74 Å². The van der Waals surface area contributed by atoms with Gasteiger partial charge in [-0.05, 0) is 19.4 Å². The third-order valence-electron chi connectivity index (χ3n) is 2.11. The van der Waals surface area contributed by atoms with Crippen molar-refractivity contribution in [2.24, 2.45) is 5.73 Å². The Hall–Kier alpha value is -0.190. The summed E-state index contributed by atoms with van der Waals surface area (Å²) in [6, 6.07) is 0. The summed E-state index contributed by atoms with van der Waals surface area (Å²) in [5.74, 6) is 0. The van der Waals surface area contributed by atoms with Gasteiger partial charge in [0, 0.05) is 19.7 Å². The van der Waals surface area contributed by atoms with Gasteiger partial charge in [0.25, 0.3) is 0 Å². The Kier molecular flexibility index (Phi) is 10.2. The summed E-state index contributed by atoms with van der Waals surface area (Å²) in [4.78, 5) is 2.81. The molecule has 0 atom stereocenters. The van der Waals surface area contributed by atoms with Crippen LogP contribution in [0.1, 0.15) is 33.1 Å². The summed E-state index contributed by atoms with van der Waals surface area (Å²) in [7, 11) is 0. The number of hydrogen-bond acceptors (Lipinski definition) is 3. The Balaban J connectivity index is 3.52. The average molecular weight is 232 g/mol. The lowest BCUT2D eigenvalue weighted by molar-refractivity contribution is 0.106. The van der Waals surface area contributed by atoms with Crippen LogP contribution in [0.3, 0.4) is 0 Å². The van der Waals surface area contributed by atoms with Crippen molar-refractivity contribution >= 4 is 17.2 Å². The Labute approximate surface area is 99.0 Å². The fourth-order valence-corrected chi connectivity index (χ4v) is 1.53. The molecule has 0 bridgehead atoms. The summed E-state index contributed by atoms with van der Waals surface area (Å²) in [5, 5.41) is 0. The van der Waals surface area contributed by atoms with Gasteiger partial charge < -0.3 is 10.5 Å². The number of unbranched alkanes of at least 4 members (excludes halogenated alkanes) is 1. The van der Waals surface area contributed by atoms with Crippen molar-refractivity contribution in [1.82, 2.24) is 4.90 Å². The van der Waals surface area contributed by atoms with E-state index < -0.39 is 0 Å². The van der Waals surface area contributed by atoms with Gasteiger partial charge in [-0.25, -0.2) is 0 Å². The Morgan fingerprint density at radius 1 is 1.20 bits per heavy atom. The molecular weight excluding hydrogens is 208 g/mol. The molecule has 0 aromatic carbocycles. The lowest BCUT2D eigenvalue weighted by Crippen LogP contribution is -2.35. The van der Waals surface area contributed by atoms with E-state index in [1.165, 1.54) is 6.42 Å². The van der Waals surface area contributed by atoms with Crippen LogP contribution in [0.25, 0.3) is 0 Å². The summed E-state index contributed by atoms with van der Waals surface area (Å²) in [6.45, 7) is 8.64. The van der Waals surface area contributed by atoms with E-state index in [0.29, 0.717) is 11.5 Å². The maximum Gasteiger partial charge on any atom is 0.0870 e. The Morgan fingerprint density at radius 3 is 2.47 bits per heavy atom. The van der Waals surface area contributed by atoms with Crippen LogP contribution < -0.4 is 5.73 Å². The van der Waals surface area contributed by atoms with Gasteiger partial charge in [0.1, 0.15) is 0 Å².